The zero-order valence-corrected chi connectivity index (χ0v) is 30.2. The van der Waals surface area contributed by atoms with Crippen molar-refractivity contribution in [1.82, 2.24) is 10.2 Å². The van der Waals surface area contributed by atoms with Gasteiger partial charge < -0.3 is 66.3 Å². The number of allylic oxidation sites excluding steroid dienone is 2. The van der Waals surface area contributed by atoms with E-state index >= 15 is 0 Å². The first-order valence-corrected chi connectivity index (χ1v) is 18.4. The highest BCUT2D eigenvalue weighted by atomic mass is 16.7. The number of unbranched alkanes of at least 4 members (excludes halogenated alkanes) is 11. The fraction of sp³-hybridized carbons (Fsp3) is 0.886. The van der Waals surface area contributed by atoms with E-state index in [2.05, 4.69) is 24.4 Å². The van der Waals surface area contributed by atoms with Crippen LogP contribution in [-0.2, 0) is 19.1 Å². The number of carbonyl (C=O) groups is 2. The Labute approximate surface area is 297 Å². The minimum atomic E-state index is -2.20. The highest BCUT2D eigenvalue weighted by molar-refractivity contribution is 5.81. The molecule has 1 heterocycles. The van der Waals surface area contributed by atoms with Gasteiger partial charge in [0.1, 0.15) is 42.2 Å². The molecule has 0 radical (unpaired) electrons. The monoisotopic (exact) mass is 721 g/mol. The van der Waals surface area contributed by atoms with Gasteiger partial charge in [0, 0.05) is 32.6 Å². The standard InChI is InChI=1S/C35H67N3O12/c1-3-4-5-6-7-8-9-10-11-12-13-14-15-16-17-18-26(42)38(21-19-36)22-20-37-33(48)29(45)27(43)31(25(41)23-39)49-34-30(46)28(44)32(47)35(2,24-40)50-34/h10-11,25,27-32,34,39-41,43-47H,3-9,12-24,36H2,1-2H3,(H,37,48)/b11-10-/t25?,27?,28-,29?,30?,31?,32-,34-,35?/m1/s1. The summed E-state index contributed by atoms with van der Waals surface area (Å²) in [7, 11) is 0. The number of aliphatic hydroxyl groups excluding tert-OH is 8. The Morgan fingerprint density at radius 3 is 2.04 bits per heavy atom. The van der Waals surface area contributed by atoms with Gasteiger partial charge in [-0.05, 0) is 39.0 Å². The lowest BCUT2D eigenvalue weighted by molar-refractivity contribution is -0.353. The molecule has 1 aliphatic rings. The van der Waals surface area contributed by atoms with Gasteiger partial charge in [-0.1, -0.05) is 70.4 Å². The van der Waals surface area contributed by atoms with Crippen molar-refractivity contribution >= 4 is 11.8 Å². The van der Waals surface area contributed by atoms with Gasteiger partial charge in [-0.15, -0.1) is 0 Å². The normalized spacial score (nSPS) is 24.9. The van der Waals surface area contributed by atoms with Crippen LogP contribution in [0.3, 0.4) is 0 Å². The fourth-order valence-electron chi connectivity index (χ4n) is 5.79. The Kier molecular flexibility index (Phi) is 24.1. The van der Waals surface area contributed by atoms with E-state index in [1.807, 2.05) is 0 Å². The van der Waals surface area contributed by atoms with Gasteiger partial charge in [-0.3, -0.25) is 9.59 Å². The Bertz CT molecular complexity index is 947. The van der Waals surface area contributed by atoms with Crippen LogP contribution in [0.25, 0.3) is 0 Å². The lowest BCUT2D eigenvalue weighted by Gasteiger charge is -2.47. The summed E-state index contributed by atoms with van der Waals surface area (Å²) in [5.74, 6) is -1.19. The molecule has 294 valence electrons. The molecule has 11 N–H and O–H groups in total. The topological polar surface area (TPSA) is 256 Å². The molecule has 15 heteroatoms. The van der Waals surface area contributed by atoms with Crippen LogP contribution in [0.5, 0.6) is 0 Å². The molecular formula is C35H67N3O12. The maximum absolute atomic E-state index is 12.8. The first-order chi connectivity index (χ1) is 23.9. The van der Waals surface area contributed by atoms with Crippen molar-refractivity contribution in [3.8, 4) is 0 Å². The zero-order chi connectivity index (χ0) is 37.5. The minimum absolute atomic E-state index is 0.0851. The third kappa shape index (κ3) is 16.3. The maximum Gasteiger partial charge on any atom is 0.251 e. The van der Waals surface area contributed by atoms with E-state index in [9.17, 15) is 50.4 Å². The average molecular weight is 722 g/mol. The van der Waals surface area contributed by atoms with E-state index in [0.29, 0.717) is 6.42 Å². The van der Waals surface area contributed by atoms with Crippen LogP contribution in [0.4, 0.5) is 0 Å². The van der Waals surface area contributed by atoms with Crippen molar-refractivity contribution in [3.63, 3.8) is 0 Å². The number of hydrogen-bond donors (Lipinski definition) is 10. The molecule has 1 fully saturated rings. The molecular weight excluding hydrogens is 654 g/mol. The van der Waals surface area contributed by atoms with Crippen molar-refractivity contribution in [2.45, 2.75) is 158 Å². The van der Waals surface area contributed by atoms with Crippen LogP contribution in [-0.4, -0.2) is 152 Å². The van der Waals surface area contributed by atoms with Crippen molar-refractivity contribution in [2.75, 3.05) is 39.4 Å². The summed E-state index contributed by atoms with van der Waals surface area (Å²) in [4.78, 5) is 27.0. The molecule has 1 saturated heterocycles. The average Bonchev–Trinajstić information content (AvgIpc) is 3.11. The number of nitrogens with zero attached hydrogens (tertiary/aromatic N) is 1. The number of aliphatic hydroxyl groups is 8. The number of hydrogen-bond acceptors (Lipinski definition) is 13. The van der Waals surface area contributed by atoms with Gasteiger partial charge in [-0.25, -0.2) is 0 Å². The lowest BCUT2D eigenvalue weighted by atomic mass is 9.89. The van der Waals surface area contributed by atoms with Gasteiger partial charge in [0.05, 0.1) is 13.2 Å². The Balaban J connectivity index is 2.48. The van der Waals surface area contributed by atoms with E-state index in [0.717, 1.165) is 44.9 Å². The Hall–Kier alpha value is -1.76. The molecule has 2 amide bonds. The molecule has 1 aliphatic heterocycles. The summed E-state index contributed by atoms with van der Waals surface area (Å²) >= 11 is 0. The summed E-state index contributed by atoms with van der Waals surface area (Å²) in [5.41, 5.74) is 3.88. The van der Waals surface area contributed by atoms with Crippen molar-refractivity contribution in [2.24, 2.45) is 5.73 Å². The first kappa shape index (κ1) is 46.3. The van der Waals surface area contributed by atoms with Crippen molar-refractivity contribution < 1.29 is 59.9 Å². The van der Waals surface area contributed by atoms with Gasteiger partial charge in [0.2, 0.25) is 5.91 Å². The number of rotatable bonds is 28. The smallest absolute Gasteiger partial charge is 0.251 e. The summed E-state index contributed by atoms with van der Waals surface area (Å²) in [6.45, 7) is 2.13. The first-order valence-electron chi connectivity index (χ1n) is 18.4. The van der Waals surface area contributed by atoms with E-state index in [-0.39, 0.29) is 32.1 Å². The second-order valence-corrected chi connectivity index (χ2v) is 13.5. The molecule has 1 rings (SSSR count). The molecule has 0 saturated carbocycles. The second kappa shape index (κ2) is 26.1. The van der Waals surface area contributed by atoms with E-state index in [1.165, 1.54) is 50.3 Å². The quantitative estimate of drug-likeness (QED) is 0.0364. The molecule has 9 atom stereocenters. The Morgan fingerprint density at radius 2 is 1.48 bits per heavy atom. The highest BCUT2D eigenvalue weighted by Gasteiger charge is 2.52. The van der Waals surface area contributed by atoms with Crippen molar-refractivity contribution in [3.05, 3.63) is 12.2 Å². The number of ether oxygens (including phenoxy) is 2. The molecule has 6 unspecified atom stereocenters. The summed E-state index contributed by atoms with van der Waals surface area (Å²) < 4.78 is 10.8. The van der Waals surface area contributed by atoms with Gasteiger partial charge in [0.15, 0.2) is 12.4 Å². The van der Waals surface area contributed by atoms with Gasteiger partial charge in [0.25, 0.3) is 5.91 Å². The molecule has 0 aromatic carbocycles. The molecule has 0 aromatic rings. The van der Waals surface area contributed by atoms with Crippen LogP contribution in [0, 0.1) is 0 Å². The summed E-state index contributed by atoms with van der Waals surface area (Å²) in [5, 5.41) is 83.8. The van der Waals surface area contributed by atoms with Crippen molar-refractivity contribution in [1.29, 1.82) is 0 Å². The molecule has 0 aliphatic carbocycles. The molecule has 0 spiro atoms. The molecule has 50 heavy (non-hydrogen) atoms. The van der Waals surface area contributed by atoms with E-state index < -0.39 is 73.7 Å². The fourth-order valence-corrected chi connectivity index (χ4v) is 5.79. The second-order valence-electron chi connectivity index (χ2n) is 13.5. The zero-order valence-electron chi connectivity index (χ0n) is 30.2. The maximum atomic E-state index is 12.8. The number of nitrogens with one attached hydrogen (secondary N) is 1. The number of carbonyl (C=O) groups excluding carboxylic acids is 2. The van der Waals surface area contributed by atoms with Crippen LogP contribution in [0.15, 0.2) is 12.2 Å². The van der Waals surface area contributed by atoms with Gasteiger partial charge >= 0.3 is 0 Å². The minimum Gasteiger partial charge on any atom is -0.394 e. The lowest BCUT2D eigenvalue weighted by Crippen LogP contribution is -2.66. The SMILES string of the molecule is CCCCCCCC/C=C\CCCCCCCC(=O)N(CCN)CCNC(=O)C(O)C(O)C(O[C@@H]1OC(C)(CO)[C@H](O)[C@H](O)C1O)C(O)CO. The van der Waals surface area contributed by atoms with E-state index in [1.54, 1.807) is 0 Å². The molecule has 15 nitrogen and oxygen atoms in total. The van der Waals surface area contributed by atoms with Crippen LogP contribution < -0.4 is 11.1 Å². The van der Waals surface area contributed by atoms with Gasteiger partial charge in [-0.2, -0.15) is 0 Å². The summed E-state index contributed by atoms with van der Waals surface area (Å²) in [6, 6.07) is 0. The highest BCUT2D eigenvalue weighted by Crippen LogP contribution is 2.31. The largest absolute Gasteiger partial charge is 0.394 e. The van der Waals surface area contributed by atoms with Crippen LogP contribution in [0.1, 0.15) is 104 Å². The predicted octanol–water partition coefficient (Wildman–Crippen LogP) is -0.422. The number of amides is 2. The Morgan fingerprint density at radius 1 is 0.900 bits per heavy atom. The van der Waals surface area contributed by atoms with Crippen LogP contribution >= 0.6 is 0 Å². The van der Waals surface area contributed by atoms with Crippen LogP contribution in [0.2, 0.25) is 0 Å². The summed E-state index contributed by atoms with van der Waals surface area (Å²) in [6.07, 6.45) is 4.34. The third-order valence-corrected chi connectivity index (χ3v) is 9.15. The molecule has 0 aromatic heterocycles. The number of nitrogens with two attached hydrogens (primary N) is 1. The predicted molar refractivity (Wildman–Crippen MR) is 186 cm³/mol. The molecule has 0 bridgehead atoms. The van der Waals surface area contributed by atoms with E-state index in [4.69, 9.17) is 15.2 Å². The third-order valence-electron chi connectivity index (χ3n) is 9.15.